The second-order valence-corrected chi connectivity index (χ2v) is 0.519. The molecule has 0 aliphatic heterocycles. The molecular weight excluding hydrogens is 167 g/mol. The largest absolute Gasteiger partial charge is 0.481 e. The summed E-state index contributed by atoms with van der Waals surface area (Å²) in [7, 11) is 0. The van der Waals surface area contributed by atoms with E-state index in [1.807, 2.05) is 0 Å². The number of carbonyl (C=O) groups is 1. The minimum atomic E-state index is -0.833. The first-order chi connectivity index (χ1) is 1.73. The van der Waals surface area contributed by atoms with Gasteiger partial charge in [0, 0.05) is 85.5 Å². The molecule has 0 saturated heterocycles. The molecule has 0 amide bonds. The zero-order valence-corrected chi connectivity index (χ0v) is 12.0. The monoisotopic (exact) mass is 170 g/mol. The first-order valence-corrected chi connectivity index (χ1v) is 0.928. The van der Waals surface area contributed by atoms with E-state index in [2.05, 4.69) is 0 Å². The van der Waals surface area contributed by atoms with Gasteiger partial charge < -0.3 is 5.11 Å². The summed E-state index contributed by atoms with van der Waals surface area (Å²) >= 11 is 0. The van der Waals surface area contributed by atoms with Crippen LogP contribution in [-0.4, -0.2) is 70.2 Å². The van der Waals surface area contributed by atoms with Crippen LogP contribution in [0, 0.1) is 0 Å². The zero-order valence-electron chi connectivity index (χ0n) is 5.06. The van der Waals surface area contributed by atoms with Gasteiger partial charge in [0.15, 0.2) is 0 Å². The third-order valence-electron chi connectivity index (χ3n) is 0. The Morgan fingerprint density at radius 2 is 1.43 bits per heavy atom. The minimum absolute atomic E-state index is 0. The maximum absolute atomic E-state index is 9.00. The summed E-state index contributed by atoms with van der Waals surface area (Å²) in [6, 6.07) is 0. The summed E-state index contributed by atoms with van der Waals surface area (Å²) in [6.07, 6.45) is 0. The van der Waals surface area contributed by atoms with Gasteiger partial charge in [-0.2, -0.15) is 0 Å². The Bertz CT molecular complexity index is 36.7. The fourth-order valence-electron chi connectivity index (χ4n) is 0. The molecule has 5 heteroatoms. The van der Waals surface area contributed by atoms with Crippen LogP contribution in [0.3, 0.4) is 0 Å². The molecule has 2 nitrogen and oxygen atoms in total. The number of hydrogen-bond donors (Lipinski definition) is 1. The predicted octanol–water partition coefficient (Wildman–Crippen LogP) is -0.673. The molecule has 0 aromatic rings. The molecule has 0 saturated carbocycles. The van der Waals surface area contributed by atoms with Crippen LogP contribution in [0.2, 0.25) is 0 Å². The Morgan fingerprint density at radius 3 is 1.43 bits per heavy atom. The van der Waals surface area contributed by atoms with Crippen molar-refractivity contribution in [2.75, 3.05) is 0 Å². The van der Waals surface area contributed by atoms with E-state index < -0.39 is 5.97 Å². The fourth-order valence-corrected chi connectivity index (χ4v) is 0. The summed E-state index contributed by atoms with van der Waals surface area (Å²) < 4.78 is 0. The van der Waals surface area contributed by atoms with Gasteiger partial charge >= 0.3 is 0 Å². The van der Waals surface area contributed by atoms with Gasteiger partial charge in [0.25, 0.3) is 5.97 Å². The number of rotatable bonds is 0. The third kappa shape index (κ3) is 68.6. The van der Waals surface area contributed by atoms with Crippen molar-refractivity contribution in [3.8, 4) is 0 Å². The molecular formula is C2H4Na2O2Zn. The van der Waals surface area contributed by atoms with E-state index in [0.29, 0.717) is 0 Å². The maximum Gasteiger partial charge on any atom is 0.300 e. The first kappa shape index (κ1) is 23.0. The summed E-state index contributed by atoms with van der Waals surface area (Å²) in [5.41, 5.74) is 0. The van der Waals surface area contributed by atoms with Crippen molar-refractivity contribution in [1.29, 1.82) is 0 Å². The van der Waals surface area contributed by atoms with E-state index in [9.17, 15) is 0 Å². The van der Waals surface area contributed by atoms with E-state index >= 15 is 0 Å². The van der Waals surface area contributed by atoms with Crippen LogP contribution in [0.25, 0.3) is 0 Å². The molecule has 0 bridgehead atoms. The molecule has 0 heterocycles. The van der Waals surface area contributed by atoms with Crippen LogP contribution >= 0.6 is 0 Å². The maximum atomic E-state index is 9.00. The van der Waals surface area contributed by atoms with Crippen molar-refractivity contribution in [2.45, 2.75) is 6.92 Å². The quantitative estimate of drug-likeness (QED) is 0.491. The van der Waals surface area contributed by atoms with Gasteiger partial charge in [-0.3, -0.25) is 4.79 Å². The second kappa shape index (κ2) is 15.7. The minimum Gasteiger partial charge on any atom is -0.481 e. The molecule has 0 fully saturated rings. The first-order valence-electron chi connectivity index (χ1n) is 0.928. The number of hydrogen-bond acceptors (Lipinski definition) is 1. The van der Waals surface area contributed by atoms with E-state index in [4.69, 9.17) is 9.90 Å². The Labute approximate surface area is 99.8 Å². The summed E-state index contributed by atoms with van der Waals surface area (Å²) in [4.78, 5) is 9.00. The molecule has 0 atom stereocenters. The van der Waals surface area contributed by atoms with Crippen molar-refractivity contribution in [2.24, 2.45) is 0 Å². The molecule has 28 valence electrons. The molecule has 2 radical (unpaired) electrons. The summed E-state index contributed by atoms with van der Waals surface area (Å²) in [6.45, 7) is 1.08. The van der Waals surface area contributed by atoms with Crippen molar-refractivity contribution in [3.63, 3.8) is 0 Å². The number of carboxylic acids is 1. The van der Waals surface area contributed by atoms with Crippen LogP contribution in [-0.2, 0) is 24.3 Å². The van der Waals surface area contributed by atoms with Crippen LogP contribution < -0.4 is 0 Å². The Morgan fingerprint density at radius 1 is 1.43 bits per heavy atom. The van der Waals surface area contributed by atoms with Gasteiger partial charge in [-0.05, 0) is 0 Å². The molecule has 7 heavy (non-hydrogen) atoms. The van der Waals surface area contributed by atoms with Gasteiger partial charge in [-0.1, -0.05) is 0 Å². The second-order valence-electron chi connectivity index (χ2n) is 0.519. The Hall–Kier alpha value is 2.09. The van der Waals surface area contributed by atoms with E-state index in [1.165, 1.54) is 0 Å². The Kier molecular flexibility index (Phi) is 51.5. The van der Waals surface area contributed by atoms with Crippen LogP contribution in [0.4, 0.5) is 0 Å². The number of carboxylic acid groups (broad SMARTS) is 1. The van der Waals surface area contributed by atoms with Gasteiger partial charge in [0.1, 0.15) is 0 Å². The molecule has 0 aliphatic carbocycles. The van der Waals surface area contributed by atoms with Crippen molar-refractivity contribution >= 4 is 65.1 Å². The van der Waals surface area contributed by atoms with Gasteiger partial charge in [0.2, 0.25) is 0 Å². The Balaban J connectivity index is -0.0000000150. The topological polar surface area (TPSA) is 37.3 Å². The third-order valence-corrected chi connectivity index (χ3v) is 0. The van der Waals surface area contributed by atoms with Crippen molar-refractivity contribution < 1.29 is 29.4 Å². The SMILES string of the molecule is CC(=O)O.[Na].[Na].[Zn]. The van der Waals surface area contributed by atoms with E-state index in [0.717, 1.165) is 6.92 Å². The molecule has 0 aliphatic rings. The fraction of sp³-hybridized carbons (Fsp3) is 0.500. The molecule has 0 aromatic carbocycles. The summed E-state index contributed by atoms with van der Waals surface area (Å²) in [5, 5.41) is 7.42. The zero-order chi connectivity index (χ0) is 3.58. The molecule has 1 N–H and O–H groups in total. The van der Waals surface area contributed by atoms with Crippen molar-refractivity contribution in [1.82, 2.24) is 0 Å². The normalized spacial score (nSPS) is 3.57. The van der Waals surface area contributed by atoms with Gasteiger partial charge in [-0.15, -0.1) is 0 Å². The van der Waals surface area contributed by atoms with Crippen molar-refractivity contribution in [3.05, 3.63) is 0 Å². The molecule has 0 rings (SSSR count). The van der Waals surface area contributed by atoms with E-state index in [1.54, 1.807) is 0 Å². The van der Waals surface area contributed by atoms with Gasteiger partial charge in [-0.25, -0.2) is 0 Å². The summed E-state index contributed by atoms with van der Waals surface area (Å²) in [5.74, 6) is -0.833. The van der Waals surface area contributed by atoms with E-state index in [-0.39, 0.29) is 78.6 Å². The average Bonchev–Trinajstić information content (AvgIpc) is 0.811. The standard InChI is InChI=1S/C2H4O2.2Na.Zn/c1-2(3)4;;;/h1H3,(H,3,4);;;. The molecule has 0 spiro atoms. The number of aliphatic carboxylic acids is 1. The van der Waals surface area contributed by atoms with Gasteiger partial charge in [0.05, 0.1) is 0 Å². The molecule has 0 unspecified atom stereocenters. The molecule has 0 aromatic heterocycles. The van der Waals surface area contributed by atoms with Crippen LogP contribution in [0.1, 0.15) is 6.92 Å². The van der Waals surface area contributed by atoms with Crippen LogP contribution in [0.5, 0.6) is 0 Å². The smallest absolute Gasteiger partial charge is 0.300 e. The average molecular weight is 171 g/mol. The predicted molar refractivity (Wildman–Crippen MR) is 24.8 cm³/mol. The van der Waals surface area contributed by atoms with Crippen LogP contribution in [0.15, 0.2) is 0 Å².